The van der Waals surface area contributed by atoms with Crippen LogP contribution in [-0.4, -0.2) is 50.2 Å². The number of hydrogen-bond donors (Lipinski definition) is 1. The van der Waals surface area contributed by atoms with E-state index in [2.05, 4.69) is 0 Å². The van der Waals surface area contributed by atoms with Crippen molar-refractivity contribution in [2.45, 2.75) is 24.0 Å². The van der Waals surface area contributed by atoms with Crippen LogP contribution in [0.15, 0.2) is 23.1 Å². The summed E-state index contributed by atoms with van der Waals surface area (Å²) in [4.78, 5) is 0.209. The van der Waals surface area contributed by atoms with E-state index in [1.807, 2.05) is 0 Å². The first-order chi connectivity index (χ1) is 8.86. The quantitative estimate of drug-likeness (QED) is 0.906. The van der Waals surface area contributed by atoms with Gasteiger partial charge in [0.25, 0.3) is 0 Å². The van der Waals surface area contributed by atoms with Gasteiger partial charge in [-0.05, 0) is 30.7 Å². The molecule has 0 amide bonds. The van der Waals surface area contributed by atoms with E-state index in [1.165, 1.54) is 17.5 Å². The zero-order valence-electron chi connectivity index (χ0n) is 10.7. The molecule has 106 valence electrons. The van der Waals surface area contributed by atoms with Crippen LogP contribution in [0.5, 0.6) is 0 Å². The summed E-state index contributed by atoms with van der Waals surface area (Å²) in [5.74, 6) is 0. The van der Waals surface area contributed by atoms with E-state index in [0.29, 0.717) is 10.6 Å². The molecule has 1 heterocycles. The summed E-state index contributed by atoms with van der Waals surface area (Å²) in [5, 5.41) is 10.2. The van der Waals surface area contributed by atoms with E-state index < -0.39 is 22.2 Å². The molecular weight excluding hydrogens is 290 g/mol. The van der Waals surface area contributed by atoms with Gasteiger partial charge in [-0.15, -0.1) is 0 Å². The number of rotatable bonds is 3. The number of sulfonamides is 1. The molecule has 0 radical (unpaired) electrons. The van der Waals surface area contributed by atoms with Gasteiger partial charge < -0.3 is 9.84 Å². The maximum absolute atomic E-state index is 12.5. The van der Waals surface area contributed by atoms with Crippen molar-refractivity contribution < 1.29 is 18.3 Å². The van der Waals surface area contributed by atoms with Crippen LogP contribution in [0.1, 0.15) is 5.56 Å². The van der Waals surface area contributed by atoms with E-state index in [9.17, 15) is 13.5 Å². The van der Waals surface area contributed by atoms with Crippen molar-refractivity contribution in [3.8, 4) is 0 Å². The minimum atomic E-state index is -3.63. The third-order valence-electron chi connectivity index (χ3n) is 3.26. The fourth-order valence-electron chi connectivity index (χ4n) is 2.19. The maximum Gasteiger partial charge on any atom is 0.243 e. The third-order valence-corrected chi connectivity index (χ3v) is 5.49. The van der Waals surface area contributed by atoms with Crippen LogP contribution in [0.4, 0.5) is 0 Å². The van der Waals surface area contributed by atoms with Gasteiger partial charge in [0.1, 0.15) is 0 Å². The number of aliphatic hydroxyl groups is 1. The molecule has 0 aliphatic carbocycles. The monoisotopic (exact) mass is 305 g/mol. The number of nitrogens with zero attached hydrogens (tertiary/aromatic N) is 1. The highest BCUT2D eigenvalue weighted by Gasteiger charge is 2.39. The Hall–Kier alpha value is -0.660. The highest BCUT2D eigenvalue weighted by molar-refractivity contribution is 7.89. The van der Waals surface area contributed by atoms with E-state index in [0.717, 1.165) is 0 Å². The predicted octanol–water partition coefficient (Wildman–Crippen LogP) is 1.03. The molecule has 1 fully saturated rings. The highest BCUT2D eigenvalue weighted by Crippen LogP contribution is 2.26. The van der Waals surface area contributed by atoms with Gasteiger partial charge in [0, 0.05) is 25.2 Å². The smallest absolute Gasteiger partial charge is 0.243 e. The lowest BCUT2D eigenvalue weighted by molar-refractivity contribution is 0.0216. The summed E-state index contributed by atoms with van der Waals surface area (Å²) in [7, 11) is -2.17. The Kier molecular flexibility index (Phi) is 4.17. The summed E-state index contributed by atoms with van der Waals surface area (Å²) in [6, 6.07) is 4.63. The lowest BCUT2D eigenvalue weighted by atomic mass is 10.2. The van der Waals surface area contributed by atoms with Crippen LogP contribution in [0.2, 0.25) is 5.02 Å². The molecule has 1 aliphatic rings. The Morgan fingerprint density at radius 2 is 2.11 bits per heavy atom. The van der Waals surface area contributed by atoms with Gasteiger partial charge in [-0.2, -0.15) is 4.31 Å². The summed E-state index contributed by atoms with van der Waals surface area (Å²) in [6.45, 7) is 1.89. The molecule has 0 unspecified atom stereocenters. The molecule has 0 aromatic heterocycles. The SMILES string of the molecule is CO[C@H]1CN(S(=O)(=O)c2ccc(Cl)cc2C)C[C@@H]1O. The van der Waals surface area contributed by atoms with Crippen LogP contribution < -0.4 is 0 Å². The summed E-state index contributed by atoms with van der Waals surface area (Å²) >= 11 is 5.83. The van der Waals surface area contributed by atoms with Gasteiger partial charge >= 0.3 is 0 Å². The predicted molar refractivity (Wildman–Crippen MR) is 71.8 cm³/mol. The van der Waals surface area contributed by atoms with Crippen molar-refractivity contribution in [2.24, 2.45) is 0 Å². The van der Waals surface area contributed by atoms with Gasteiger partial charge in [-0.1, -0.05) is 11.6 Å². The van der Waals surface area contributed by atoms with Crippen molar-refractivity contribution in [1.82, 2.24) is 4.31 Å². The van der Waals surface area contributed by atoms with E-state index in [1.54, 1.807) is 19.1 Å². The standard InChI is InChI=1S/C12H16ClNO4S/c1-8-5-9(13)3-4-12(8)19(16,17)14-6-10(15)11(7-14)18-2/h3-5,10-11,15H,6-7H2,1-2H3/t10-,11-/m0/s1. The average Bonchev–Trinajstić information content (AvgIpc) is 2.70. The van der Waals surface area contributed by atoms with Crippen LogP contribution in [0.25, 0.3) is 0 Å². The minimum absolute atomic E-state index is 0.0446. The van der Waals surface area contributed by atoms with Gasteiger partial charge in [0.15, 0.2) is 0 Å². The Morgan fingerprint density at radius 1 is 1.42 bits per heavy atom. The molecule has 0 spiro atoms. The topological polar surface area (TPSA) is 66.8 Å². The number of ether oxygens (including phenoxy) is 1. The minimum Gasteiger partial charge on any atom is -0.389 e. The second-order valence-electron chi connectivity index (χ2n) is 4.57. The highest BCUT2D eigenvalue weighted by atomic mass is 35.5. The second-order valence-corrected chi connectivity index (χ2v) is 6.92. The first-order valence-corrected chi connectivity index (χ1v) is 7.65. The Morgan fingerprint density at radius 3 is 2.63 bits per heavy atom. The molecule has 19 heavy (non-hydrogen) atoms. The number of halogens is 1. The molecular formula is C12H16ClNO4S. The number of aliphatic hydroxyl groups excluding tert-OH is 1. The molecule has 0 saturated carbocycles. The zero-order valence-corrected chi connectivity index (χ0v) is 12.3. The molecule has 7 heteroatoms. The molecule has 0 bridgehead atoms. The first kappa shape index (κ1) is 14.7. The third kappa shape index (κ3) is 2.78. The van der Waals surface area contributed by atoms with Gasteiger partial charge in [-0.3, -0.25) is 0 Å². The molecule has 2 rings (SSSR count). The Balaban J connectivity index is 2.33. The van der Waals surface area contributed by atoms with E-state index in [4.69, 9.17) is 16.3 Å². The molecule has 1 saturated heterocycles. The number of hydrogen-bond acceptors (Lipinski definition) is 4. The molecule has 1 N–H and O–H groups in total. The summed E-state index contributed by atoms with van der Waals surface area (Å²) < 4.78 is 31.3. The lowest BCUT2D eigenvalue weighted by Crippen LogP contribution is -2.30. The lowest BCUT2D eigenvalue weighted by Gasteiger charge is -2.17. The van der Waals surface area contributed by atoms with E-state index >= 15 is 0 Å². The summed E-state index contributed by atoms with van der Waals surface area (Å²) in [6.07, 6.45) is -1.28. The maximum atomic E-state index is 12.5. The fraction of sp³-hybridized carbons (Fsp3) is 0.500. The number of aryl methyl sites for hydroxylation is 1. The molecule has 2 atom stereocenters. The van der Waals surface area contributed by atoms with Crippen LogP contribution in [0.3, 0.4) is 0 Å². The Bertz CT molecular complexity index is 575. The van der Waals surface area contributed by atoms with Crippen LogP contribution >= 0.6 is 11.6 Å². The van der Waals surface area contributed by atoms with Crippen molar-refractivity contribution in [3.05, 3.63) is 28.8 Å². The van der Waals surface area contributed by atoms with Crippen molar-refractivity contribution in [2.75, 3.05) is 20.2 Å². The van der Waals surface area contributed by atoms with Crippen molar-refractivity contribution in [3.63, 3.8) is 0 Å². The molecule has 1 aliphatic heterocycles. The van der Waals surface area contributed by atoms with Crippen LogP contribution in [0, 0.1) is 6.92 Å². The Labute approximate surface area is 117 Å². The zero-order chi connectivity index (χ0) is 14.2. The molecule has 5 nitrogen and oxygen atoms in total. The molecule has 1 aromatic carbocycles. The second kappa shape index (κ2) is 5.38. The van der Waals surface area contributed by atoms with Gasteiger partial charge in [0.2, 0.25) is 10.0 Å². The van der Waals surface area contributed by atoms with E-state index in [-0.39, 0.29) is 18.0 Å². The fourth-order valence-corrected chi connectivity index (χ4v) is 4.10. The van der Waals surface area contributed by atoms with Crippen molar-refractivity contribution >= 4 is 21.6 Å². The largest absolute Gasteiger partial charge is 0.389 e. The van der Waals surface area contributed by atoms with Crippen molar-refractivity contribution in [1.29, 1.82) is 0 Å². The van der Waals surface area contributed by atoms with Crippen LogP contribution in [-0.2, 0) is 14.8 Å². The number of β-amino-alcohol motifs (C(OH)–C–C–N with tert-alkyl or cyclic N) is 1. The average molecular weight is 306 g/mol. The first-order valence-electron chi connectivity index (χ1n) is 5.83. The number of methoxy groups -OCH3 is 1. The van der Waals surface area contributed by atoms with Gasteiger partial charge in [-0.25, -0.2) is 8.42 Å². The number of benzene rings is 1. The summed E-state index contributed by atoms with van der Waals surface area (Å²) in [5.41, 5.74) is 0.586. The van der Waals surface area contributed by atoms with Gasteiger partial charge in [0.05, 0.1) is 17.1 Å². The normalized spacial score (nSPS) is 24.8. The molecule has 1 aromatic rings.